The number of hydrogen-bond acceptors (Lipinski definition) is 4. The number of hydrogen-bond donors (Lipinski definition) is 1. The second-order valence-corrected chi connectivity index (χ2v) is 3.97. The Hall–Kier alpha value is -0.480. The van der Waals surface area contributed by atoms with Crippen LogP contribution in [-0.4, -0.2) is 24.3 Å². The van der Waals surface area contributed by atoms with Crippen molar-refractivity contribution >= 4 is 11.8 Å². The van der Waals surface area contributed by atoms with E-state index in [1.54, 1.807) is 11.8 Å². The molecule has 1 rings (SSSR count). The molecule has 0 atom stereocenters. The summed E-state index contributed by atoms with van der Waals surface area (Å²) in [7, 11) is 1.96. The van der Waals surface area contributed by atoms with Gasteiger partial charge in [0.05, 0.1) is 5.69 Å². The zero-order valence-corrected chi connectivity index (χ0v) is 9.20. The largest absolute Gasteiger partial charge is 0.437 e. The van der Waals surface area contributed by atoms with Gasteiger partial charge < -0.3 is 9.73 Å². The zero-order valence-electron chi connectivity index (χ0n) is 8.39. The van der Waals surface area contributed by atoms with E-state index in [9.17, 15) is 0 Å². The van der Waals surface area contributed by atoms with Gasteiger partial charge in [0, 0.05) is 5.75 Å². The highest BCUT2D eigenvalue weighted by Crippen LogP contribution is 2.20. The van der Waals surface area contributed by atoms with Gasteiger partial charge >= 0.3 is 0 Å². The third-order valence-corrected chi connectivity index (χ3v) is 2.72. The zero-order chi connectivity index (χ0) is 9.68. The van der Waals surface area contributed by atoms with Crippen molar-refractivity contribution in [3.05, 3.63) is 11.5 Å². The Morgan fingerprint density at radius 2 is 2.23 bits per heavy atom. The lowest BCUT2D eigenvalue weighted by Crippen LogP contribution is -2.07. The fourth-order valence-corrected chi connectivity index (χ4v) is 1.76. The monoisotopic (exact) mass is 200 g/mol. The first-order chi connectivity index (χ1) is 6.24. The first-order valence-corrected chi connectivity index (χ1v) is 5.44. The van der Waals surface area contributed by atoms with Crippen LogP contribution in [0, 0.1) is 13.8 Å². The number of aromatic nitrogens is 1. The Balaban J connectivity index is 2.29. The molecule has 0 aliphatic rings. The molecule has 0 aliphatic heterocycles. The summed E-state index contributed by atoms with van der Waals surface area (Å²) in [5.41, 5.74) is 0.996. The van der Waals surface area contributed by atoms with Crippen LogP contribution in [0.15, 0.2) is 9.64 Å². The number of rotatable bonds is 5. The molecule has 0 saturated heterocycles. The van der Waals surface area contributed by atoms with Gasteiger partial charge in [-0.3, -0.25) is 0 Å². The van der Waals surface area contributed by atoms with Crippen LogP contribution < -0.4 is 5.32 Å². The molecule has 0 fully saturated rings. The van der Waals surface area contributed by atoms with Crippen LogP contribution in [0.25, 0.3) is 0 Å². The fraction of sp³-hybridized carbons (Fsp3) is 0.667. The van der Waals surface area contributed by atoms with Crippen LogP contribution in [0.2, 0.25) is 0 Å². The van der Waals surface area contributed by atoms with Gasteiger partial charge in [0.1, 0.15) is 5.76 Å². The second-order valence-electron chi connectivity index (χ2n) is 2.93. The van der Waals surface area contributed by atoms with Crippen molar-refractivity contribution in [3.8, 4) is 0 Å². The summed E-state index contributed by atoms with van der Waals surface area (Å²) >= 11 is 1.68. The van der Waals surface area contributed by atoms with Crippen molar-refractivity contribution in [3.63, 3.8) is 0 Å². The Kier molecular flexibility index (Phi) is 4.32. The van der Waals surface area contributed by atoms with Crippen molar-refractivity contribution in [2.75, 3.05) is 19.3 Å². The van der Waals surface area contributed by atoms with Crippen molar-refractivity contribution in [2.45, 2.75) is 25.5 Å². The van der Waals surface area contributed by atoms with Crippen LogP contribution in [0.1, 0.15) is 17.9 Å². The topological polar surface area (TPSA) is 38.1 Å². The molecule has 0 spiro atoms. The predicted octanol–water partition coefficient (Wildman–Crippen LogP) is 1.99. The molecule has 0 radical (unpaired) electrons. The molecular weight excluding hydrogens is 184 g/mol. The predicted molar refractivity (Wildman–Crippen MR) is 55.2 cm³/mol. The highest BCUT2D eigenvalue weighted by molar-refractivity contribution is 7.99. The van der Waals surface area contributed by atoms with E-state index in [0.717, 1.165) is 35.4 Å². The molecule has 0 amide bonds. The third-order valence-electron chi connectivity index (χ3n) is 1.81. The van der Waals surface area contributed by atoms with Gasteiger partial charge in [-0.15, -0.1) is 0 Å². The lowest BCUT2D eigenvalue weighted by atomic mass is 10.4. The summed E-state index contributed by atoms with van der Waals surface area (Å²) in [6, 6.07) is 0. The molecule has 3 nitrogen and oxygen atoms in total. The first kappa shape index (κ1) is 10.6. The molecule has 0 aromatic carbocycles. The normalized spacial score (nSPS) is 10.7. The molecule has 1 N–H and O–H groups in total. The summed E-state index contributed by atoms with van der Waals surface area (Å²) in [5.74, 6) is 1.98. The van der Waals surface area contributed by atoms with Gasteiger partial charge in [0.2, 0.25) is 0 Å². The molecule has 1 aromatic heterocycles. The Labute approximate surface area is 83.3 Å². The second kappa shape index (κ2) is 5.29. The van der Waals surface area contributed by atoms with Crippen molar-refractivity contribution in [1.82, 2.24) is 10.3 Å². The summed E-state index contributed by atoms with van der Waals surface area (Å²) in [4.78, 5) is 4.28. The van der Waals surface area contributed by atoms with Gasteiger partial charge in [-0.05, 0) is 33.9 Å². The minimum atomic E-state index is 0.797. The minimum absolute atomic E-state index is 0.797. The maximum atomic E-state index is 5.43. The van der Waals surface area contributed by atoms with Crippen molar-refractivity contribution in [1.29, 1.82) is 0 Å². The Morgan fingerprint density at radius 3 is 2.77 bits per heavy atom. The molecular formula is C9H16N2OS. The number of oxazole rings is 1. The highest BCUT2D eigenvalue weighted by atomic mass is 32.2. The first-order valence-electron chi connectivity index (χ1n) is 4.45. The van der Waals surface area contributed by atoms with Gasteiger partial charge in [0.15, 0.2) is 0 Å². The van der Waals surface area contributed by atoms with Crippen LogP contribution in [0.4, 0.5) is 0 Å². The van der Waals surface area contributed by atoms with E-state index in [4.69, 9.17) is 4.42 Å². The lowest BCUT2D eigenvalue weighted by Gasteiger charge is -1.95. The minimum Gasteiger partial charge on any atom is -0.437 e. The number of nitrogens with zero attached hydrogens (tertiary/aromatic N) is 1. The molecule has 4 heteroatoms. The summed E-state index contributed by atoms with van der Waals surface area (Å²) in [6.45, 7) is 4.96. The fourth-order valence-electron chi connectivity index (χ4n) is 0.913. The smallest absolute Gasteiger partial charge is 0.256 e. The van der Waals surface area contributed by atoms with Crippen molar-refractivity contribution < 1.29 is 4.42 Å². The Morgan fingerprint density at radius 1 is 1.46 bits per heavy atom. The molecule has 0 saturated carbocycles. The lowest BCUT2D eigenvalue weighted by molar-refractivity contribution is 0.431. The average Bonchev–Trinajstić information content (AvgIpc) is 2.41. The summed E-state index contributed by atoms with van der Waals surface area (Å²) in [6.07, 6.45) is 1.14. The average molecular weight is 200 g/mol. The van der Waals surface area contributed by atoms with Crippen LogP contribution in [-0.2, 0) is 0 Å². The maximum absolute atomic E-state index is 5.43. The molecule has 0 bridgehead atoms. The van der Waals surface area contributed by atoms with Gasteiger partial charge in [-0.1, -0.05) is 11.8 Å². The standard InChI is InChI=1S/C9H16N2OS/c1-7-8(2)12-9(11-7)13-6-4-5-10-3/h10H,4-6H2,1-3H3. The van der Waals surface area contributed by atoms with Crippen LogP contribution in [0.5, 0.6) is 0 Å². The highest BCUT2D eigenvalue weighted by Gasteiger charge is 2.04. The van der Waals surface area contributed by atoms with Gasteiger partial charge in [-0.2, -0.15) is 0 Å². The molecule has 1 heterocycles. The summed E-state index contributed by atoms with van der Waals surface area (Å²) in [5, 5.41) is 3.90. The molecule has 1 aromatic rings. The van der Waals surface area contributed by atoms with E-state index in [1.165, 1.54) is 0 Å². The number of thioether (sulfide) groups is 1. The van der Waals surface area contributed by atoms with E-state index >= 15 is 0 Å². The maximum Gasteiger partial charge on any atom is 0.256 e. The van der Waals surface area contributed by atoms with E-state index < -0.39 is 0 Å². The van der Waals surface area contributed by atoms with Crippen molar-refractivity contribution in [2.24, 2.45) is 0 Å². The number of nitrogens with one attached hydrogen (secondary N) is 1. The quantitative estimate of drug-likeness (QED) is 0.582. The van der Waals surface area contributed by atoms with Gasteiger partial charge in [-0.25, -0.2) is 4.98 Å². The molecule has 0 aliphatic carbocycles. The molecule has 0 unspecified atom stereocenters. The molecule has 13 heavy (non-hydrogen) atoms. The third kappa shape index (κ3) is 3.40. The van der Waals surface area contributed by atoms with E-state index in [0.29, 0.717) is 0 Å². The van der Waals surface area contributed by atoms with Crippen LogP contribution >= 0.6 is 11.8 Å². The Bertz CT molecular complexity index is 241. The van der Waals surface area contributed by atoms with Gasteiger partial charge in [0.25, 0.3) is 5.22 Å². The van der Waals surface area contributed by atoms with E-state index in [1.807, 2.05) is 20.9 Å². The van der Waals surface area contributed by atoms with E-state index in [-0.39, 0.29) is 0 Å². The molecule has 74 valence electrons. The SMILES string of the molecule is CNCCCSc1nc(C)c(C)o1. The van der Waals surface area contributed by atoms with Crippen LogP contribution in [0.3, 0.4) is 0 Å². The van der Waals surface area contributed by atoms with E-state index in [2.05, 4.69) is 10.3 Å². The summed E-state index contributed by atoms with van der Waals surface area (Å²) < 4.78 is 5.43. The number of aryl methyl sites for hydroxylation is 2.